The third-order valence-corrected chi connectivity index (χ3v) is 3.99. The minimum Gasteiger partial charge on any atom is -0.464 e. The van der Waals surface area contributed by atoms with Crippen LogP contribution in [0, 0.1) is 6.92 Å². The first-order valence-electron chi connectivity index (χ1n) is 6.49. The minimum atomic E-state index is -0.321. The maximum absolute atomic E-state index is 11.6. The molecule has 0 saturated carbocycles. The predicted molar refractivity (Wildman–Crippen MR) is 79.2 cm³/mol. The summed E-state index contributed by atoms with van der Waals surface area (Å²) >= 11 is 1.74. The van der Waals surface area contributed by atoms with Crippen LogP contribution in [-0.2, 0) is 13.1 Å². The van der Waals surface area contributed by atoms with E-state index < -0.39 is 0 Å². The molecule has 5 nitrogen and oxygen atoms in total. The Labute approximate surface area is 122 Å². The molecular formula is C14H19N3O2S. The Morgan fingerprint density at radius 1 is 1.50 bits per heavy atom. The van der Waals surface area contributed by atoms with Crippen LogP contribution in [0.1, 0.15) is 33.7 Å². The van der Waals surface area contributed by atoms with E-state index in [1.165, 1.54) is 4.88 Å². The van der Waals surface area contributed by atoms with E-state index in [0.29, 0.717) is 17.9 Å². The molecular weight excluding hydrogens is 274 g/mol. The first-order chi connectivity index (χ1) is 9.63. The van der Waals surface area contributed by atoms with E-state index in [1.807, 2.05) is 0 Å². The summed E-state index contributed by atoms with van der Waals surface area (Å²) in [5.41, 5.74) is 2.62. The first-order valence-corrected chi connectivity index (χ1v) is 7.37. The van der Waals surface area contributed by atoms with Gasteiger partial charge in [0.1, 0.15) is 11.5 Å². The number of hydrazine groups is 1. The lowest BCUT2D eigenvalue weighted by molar-refractivity contribution is 0.0952. The maximum atomic E-state index is 11.6. The fraction of sp³-hybridized carbons (Fsp3) is 0.357. The van der Waals surface area contributed by atoms with Crippen molar-refractivity contribution in [3.63, 3.8) is 0 Å². The summed E-state index contributed by atoms with van der Waals surface area (Å²) in [4.78, 5) is 15.1. The van der Waals surface area contributed by atoms with Gasteiger partial charge in [-0.05, 0) is 31.0 Å². The van der Waals surface area contributed by atoms with Gasteiger partial charge in [0, 0.05) is 11.4 Å². The van der Waals surface area contributed by atoms with Crippen molar-refractivity contribution in [2.45, 2.75) is 26.9 Å². The van der Waals surface area contributed by atoms with Crippen molar-refractivity contribution in [3.8, 4) is 0 Å². The number of rotatable bonds is 6. The van der Waals surface area contributed by atoms with E-state index in [-0.39, 0.29) is 5.91 Å². The van der Waals surface area contributed by atoms with Crippen LogP contribution in [0.5, 0.6) is 0 Å². The molecule has 0 saturated heterocycles. The smallest absolute Gasteiger partial charge is 0.268 e. The molecule has 2 aromatic heterocycles. The van der Waals surface area contributed by atoms with Crippen molar-refractivity contribution in [2.24, 2.45) is 5.84 Å². The summed E-state index contributed by atoms with van der Waals surface area (Å²) in [6, 6.07) is 5.93. The summed E-state index contributed by atoms with van der Waals surface area (Å²) in [5.74, 6) is 6.20. The number of nitrogen functional groups attached to an aromatic ring is 1. The monoisotopic (exact) mass is 293 g/mol. The molecule has 20 heavy (non-hydrogen) atoms. The van der Waals surface area contributed by atoms with E-state index >= 15 is 0 Å². The number of hydrogen-bond donors (Lipinski definition) is 2. The van der Waals surface area contributed by atoms with E-state index in [9.17, 15) is 4.79 Å². The zero-order valence-electron chi connectivity index (χ0n) is 11.7. The molecule has 0 aliphatic rings. The molecule has 6 heteroatoms. The number of nitrogens with two attached hydrogens (primary N) is 1. The molecule has 0 bridgehead atoms. The first kappa shape index (κ1) is 14.8. The van der Waals surface area contributed by atoms with Crippen molar-refractivity contribution in [2.75, 3.05) is 6.54 Å². The zero-order chi connectivity index (χ0) is 14.5. The third kappa shape index (κ3) is 3.47. The van der Waals surface area contributed by atoms with E-state index in [1.54, 1.807) is 24.3 Å². The van der Waals surface area contributed by atoms with Crippen LogP contribution in [-0.4, -0.2) is 17.4 Å². The SMILES string of the molecule is CCN(Cc1cc(C(=O)NN)c(C)o1)Cc1cccs1. The highest BCUT2D eigenvalue weighted by atomic mass is 32.1. The number of nitrogens with one attached hydrogen (secondary N) is 1. The molecule has 0 aliphatic carbocycles. The van der Waals surface area contributed by atoms with E-state index in [0.717, 1.165) is 18.8 Å². The van der Waals surface area contributed by atoms with E-state index in [4.69, 9.17) is 10.3 Å². The number of amides is 1. The average Bonchev–Trinajstić information content (AvgIpc) is 3.07. The molecule has 3 N–H and O–H groups in total. The van der Waals surface area contributed by atoms with Gasteiger partial charge in [-0.3, -0.25) is 15.1 Å². The quantitative estimate of drug-likeness (QED) is 0.487. The van der Waals surface area contributed by atoms with Crippen molar-refractivity contribution in [1.29, 1.82) is 0 Å². The number of furan rings is 1. The summed E-state index contributed by atoms with van der Waals surface area (Å²) in [5, 5.41) is 2.07. The Kier molecular flexibility index (Phi) is 4.94. The molecule has 0 unspecified atom stereocenters. The highest BCUT2D eigenvalue weighted by molar-refractivity contribution is 7.09. The molecule has 1 amide bonds. The Hall–Kier alpha value is -1.63. The number of hydrogen-bond acceptors (Lipinski definition) is 5. The Bertz CT molecular complexity index is 563. The average molecular weight is 293 g/mol. The van der Waals surface area contributed by atoms with Gasteiger partial charge in [0.05, 0.1) is 12.1 Å². The van der Waals surface area contributed by atoms with Crippen LogP contribution in [0.15, 0.2) is 28.0 Å². The van der Waals surface area contributed by atoms with Crippen LogP contribution in [0.4, 0.5) is 0 Å². The predicted octanol–water partition coefficient (Wildman–Crippen LogP) is 2.28. The molecule has 0 aliphatic heterocycles. The summed E-state index contributed by atoms with van der Waals surface area (Å²) < 4.78 is 5.63. The van der Waals surface area contributed by atoms with Crippen molar-refractivity contribution >= 4 is 17.2 Å². The van der Waals surface area contributed by atoms with Crippen LogP contribution < -0.4 is 11.3 Å². The summed E-state index contributed by atoms with van der Waals surface area (Å²) in [7, 11) is 0. The number of carbonyl (C=O) groups excluding carboxylic acids is 1. The highest BCUT2D eigenvalue weighted by Gasteiger charge is 2.15. The maximum Gasteiger partial charge on any atom is 0.268 e. The zero-order valence-corrected chi connectivity index (χ0v) is 12.5. The molecule has 0 spiro atoms. The lowest BCUT2D eigenvalue weighted by atomic mass is 10.2. The van der Waals surface area contributed by atoms with Gasteiger partial charge in [-0.1, -0.05) is 13.0 Å². The van der Waals surface area contributed by atoms with Crippen LogP contribution in [0.3, 0.4) is 0 Å². The Balaban J connectivity index is 2.06. The molecule has 2 heterocycles. The standard InChI is InChI=1S/C14H19N3O2S/c1-3-17(9-12-5-4-6-20-12)8-11-7-13(10(2)19-11)14(18)16-15/h4-7H,3,8-9,15H2,1-2H3,(H,16,18). The fourth-order valence-electron chi connectivity index (χ4n) is 2.05. The van der Waals surface area contributed by atoms with Crippen molar-refractivity contribution in [1.82, 2.24) is 10.3 Å². The molecule has 0 fully saturated rings. The van der Waals surface area contributed by atoms with Gasteiger partial charge in [0.15, 0.2) is 0 Å². The van der Waals surface area contributed by atoms with Crippen molar-refractivity contribution in [3.05, 3.63) is 45.5 Å². The van der Waals surface area contributed by atoms with Gasteiger partial charge in [-0.15, -0.1) is 11.3 Å². The molecule has 108 valence electrons. The fourth-order valence-corrected chi connectivity index (χ4v) is 2.79. The lowest BCUT2D eigenvalue weighted by Crippen LogP contribution is -2.30. The van der Waals surface area contributed by atoms with Crippen LogP contribution in [0.25, 0.3) is 0 Å². The second-order valence-electron chi connectivity index (χ2n) is 4.54. The normalized spacial score (nSPS) is 11.0. The number of thiophene rings is 1. The van der Waals surface area contributed by atoms with Crippen LogP contribution >= 0.6 is 11.3 Å². The van der Waals surface area contributed by atoms with E-state index in [2.05, 4.69) is 34.8 Å². The molecule has 2 rings (SSSR count). The van der Waals surface area contributed by atoms with Gasteiger partial charge in [0.25, 0.3) is 5.91 Å². The third-order valence-electron chi connectivity index (χ3n) is 3.13. The van der Waals surface area contributed by atoms with Gasteiger partial charge in [-0.2, -0.15) is 0 Å². The number of nitrogens with zero attached hydrogens (tertiary/aromatic N) is 1. The van der Waals surface area contributed by atoms with Crippen LogP contribution in [0.2, 0.25) is 0 Å². The molecule has 0 radical (unpaired) electrons. The number of carbonyl (C=O) groups is 1. The van der Waals surface area contributed by atoms with Gasteiger partial charge >= 0.3 is 0 Å². The van der Waals surface area contributed by atoms with Crippen molar-refractivity contribution < 1.29 is 9.21 Å². The topological polar surface area (TPSA) is 71.5 Å². The molecule has 2 aromatic rings. The summed E-state index contributed by atoms with van der Waals surface area (Å²) in [6.45, 7) is 6.34. The second kappa shape index (κ2) is 6.69. The molecule has 0 aromatic carbocycles. The van der Waals surface area contributed by atoms with Gasteiger partial charge in [0.2, 0.25) is 0 Å². The molecule has 0 atom stereocenters. The highest BCUT2D eigenvalue weighted by Crippen LogP contribution is 2.18. The largest absolute Gasteiger partial charge is 0.464 e. The summed E-state index contributed by atoms with van der Waals surface area (Å²) in [6.07, 6.45) is 0. The minimum absolute atomic E-state index is 0.321. The Morgan fingerprint density at radius 2 is 2.30 bits per heavy atom. The van der Waals surface area contributed by atoms with Gasteiger partial charge in [-0.25, -0.2) is 5.84 Å². The second-order valence-corrected chi connectivity index (χ2v) is 5.57. The number of aryl methyl sites for hydroxylation is 1. The Morgan fingerprint density at radius 3 is 2.90 bits per heavy atom. The van der Waals surface area contributed by atoms with Gasteiger partial charge < -0.3 is 4.42 Å². The lowest BCUT2D eigenvalue weighted by Gasteiger charge is -2.17.